The van der Waals surface area contributed by atoms with Crippen LogP contribution in [0.2, 0.25) is 0 Å². The van der Waals surface area contributed by atoms with E-state index in [1.807, 2.05) is 0 Å². The zero-order chi connectivity index (χ0) is 14.9. The summed E-state index contributed by atoms with van der Waals surface area (Å²) in [6.07, 6.45) is 4.16. The topological polar surface area (TPSA) is 54.9 Å². The molecular formula is C15H23N3OS. The molecule has 2 atom stereocenters. The van der Waals surface area contributed by atoms with Crippen molar-refractivity contribution in [2.24, 2.45) is 17.3 Å². The number of carbonyl (C=O) groups excluding carboxylic acids is 1. The summed E-state index contributed by atoms with van der Waals surface area (Å²) in [6, 6.07) is 0. The van der Waals surface area contributed by atoms with Gasteiger partial charge in [-0.05, 0) is 31.6 Å². The number of hydrogen-bond donors (Lipinski definition) is 1. The van der Waals surface area contributed by atoms with Crippen LogP contribution in [0.3, 0.4) is 0 Å². The molecule has 1 amide bonds. The normalized spacial score (nSPS) is 23.2. The Morgan fingerprint density at radius 1 is 1.40 bits per heavy atom. The molecule has 1 aromatic rings. The van der Waals surface area contributed by atoms with Gasteiger partial charge in [0, 0.05) is 6.42 Å². The number of hydrogen-bond acceptors (Lipinski definition) is 4. The van der Waals surface area contributed by atoms with Crippen LogP contribution in [0.4, 0.5) is 5.13 Å². The molecule has 0 aliphatic heterocycles. The Morgan fingerprint density at radius 2 is 2.10 bits per heavy atom. The van der Waals surface area contributed by atoms with Crippen LogP contribution in [0.25, 0.3) is 0 Å². The van der Waals surface area contributed by atoms with Crippen molar-refractivity contribution < 1.29 is 4.79 Å². The van der Waals surface area contributed by atoms with Crippen LogP contribution in [0.15, 0.2) is 11.6 Å². The molecule has 1 aliphatic carbocycles. The first-order valence-electron chi connectivity index (χ1n) is 7.14. The molecule has 1 N–H and O–H groups in total. The molecule has 1 heterocycles. The highest BCUT2D eigenvalue weighted by Crippen LogP contribution is 2.59. The average molecular weight is 293 g/mol. The average Bonchev–Trinajstić information content (AvgIpc) is 2.70. The van der Waals surface area contributed by atoms with Crippen LogP contribution in [-0.2, 0) is 11.2 Å². The maximum atomic E-state index is 12.3. The van der Waals surface area contributed by atoms with Crippen LogP contribution in [0, 0.1) is 17.3 Å². The fraction of sp³-hybridized carbons (Fsp3) is 0.667. The number of aryl methyl sites for hydroxylation is 1. The summed E-state index contributed by atoms with van der Waals surface area (Å²) in [4.78, 5) is 12.3. The quantitative estimate of drug-likeness (QED) is 0.843. The lowest BCUT2D eigenvalue weighted by Crippen LogP contribution is -2.16. The first-order chi connectivity index (χ1) is 9.36. The summed E-state index contributed by atoms with van der Waals surface area (Å²) < 4.78 is 0. The van der Waals surface area contributed by atoms with Gasteiger partial charge >= 0.3 is 0 Å². The number of anilines is 1. The van der Waals surface area contributed by atoms with E-state index in [1.165, 1.54) is 16.9 Å². The summed E-state index contributed by atoms with van der Waals surface area (Å²) in [5.74, 6) is 0.433. The van der Waals surface area contributed by atoms with Gasteiger partial charge in [0.1, 0.15) is 5.01 Å². The van der Waals surface area contributed by atoms with E-state index < -0.39 is 0 Å². The maximum absolute atomic E-state index is 12.3. The van der Waals surface area contributed by atoms with Gasteiger partial charge in [0.2, 0.25) is 11.0 Å². The zero-order valence-electron chi connectivity index (χ0n) is 12.9. The van der Waals surface area contributed by atoms with Crippen molar-refractivity contribution in [3.8, 4) is 0 Å². The summed E-state index contributed by atoms with van der Waals surface area (Å²) in [7, 11) is 0. The van der Waals surface area contributed by atoms with Gasteiger partial charge in [0.15, 0.2) is 0 Å². The Labute approximate surface area is 124 Å². The molecule has 0 radical (unpaired) electrons. The number of rotatable bonds is 5. The van der Waals surface area contributed by atoms with Gasteiger partial charge in [-0.25, -0.2) is 0 Å². The molecule has 0 unspecified atom stereocenters. The third kappa shape index (κ3) is 3.08. The van der Waals surface area contributed by atoms with E-state index in [9.17, 15) is 4.79 Å². The number of allylic oxidation sites excluding steroid dienone is 2. The number of aromatic nitrogens is 2. The van der Waals surface area contributed by atoms with Gasteiger partial charge in [-0.3, -0.25) is 4.79 Å². The second-order valence-corrected chi connectivity index (χ2v) is 7.37. The van der Waals surface area contributed by atoms with Crippen LogP contribution in [-0.4, -0.2) is 16.1 Å². The highest BCUT2D eigenvalue weighted by Gasteiger charge is 2.60. The van der Waals surface area contributed by atoms with Crippen molar-refractivity contribution in [1.29, 1.82) is 0 Å². The van der Waals surface area contributed by atoms with Gasteiger partial charge < -0.3 is 5.32 Å². The molecule has 0 bridgehead atoms. The van der Waals surface area contributed by atoms with E-state index in [0.29, 0.717) is 11.0 Å². The highest BCUT2D eigenvalue weighted by atomic mass is 32.1. The molecule has 1 aromatic heterocycles. The lowest BCUT2D eigenvalue weighted by atomic mass is 10.1. The molecule has 20 heavy (non-hydrogen) atoms. The van der Waals surface area contributed by atoms with Gasteiger partial charge in [-0.2, -0.15) is 0 Å². The molecular weight excluding hydrogens is 270 g/mol. The van der Waals surface area contributed by atoms with Gasteiger partial charge in [-0.15, -0.1) is 10.2 Å². The number of amides is 1. The lowest BCUT2D eigenvalue weighted by Gasteiger charge is -2.01. The number of nitrogens with zero attached hydrogens (tertiary/aromatic N) is 2. The standard InChI is InChI=1S/C15H23N3OS/c1-6-7-11-17-18-14(20-11)16-13(19)12-10(8-9(2)3)15(12,4)5/h8,10,12H,6-7H2,1-5H3,(H,16,18,19)/t10-,12+/m1/s1. The third-order valence-electron chi connectivity index (χ3n) is 3.87. The summed E-state index contributed by atoms with van der Waals surface area (Å²) in [5, 5.41) is 12.6. The summed E-state index contributed by atoms with van der Waals surface area (Å²) >= 11 is 1.48. The molecule has 1 fully saturated rings. The van der Waals surface area contributed by atoms with Crippen molar-refractivity contribution in [3.05, 3.63) is 16.7 Å². The monoisotopic (exact) mass is 293 g/mol. The molecule has 5 heteroatoms. The van der Waals surface area contributed by atoms with Gasteiger partial charge in [0.25, 0.3) is 0 Å². The lowest BCUT2D eigenvalue weighted by molar-refractivity contribution is -0.118. The molecule has 1 aliphatic rings. The Morgan fingerprint density at radius 3 is 2.70 bits per heavy atom. The van der Waals surface area contributed by atoms with Crippen molar-refractivity contribution in [2.45, 2.75) is 47.5 Å². The van der Waals surface area contributed by atoms with Crippen molar-refractivity contribution in [2.75, 3.05) is 5.32 Å². The van der Waals surface area contributed by atoms with E-state index in [2.05, 4.69) is 56.2 Å². The Bertz CT molecular complexity index is 529. The minimum atomic E-state index is 0.0379. The van der Waals surface area contributed by atoms with Crippen molar-refractivity contribution in [1.82, 2.24) is 10.2 Å². The van der Waals surface area contributed by atoms with Gasteiger partial charge in [0.05, 0.1) is 5.92 Å². The first-order valence-corrected chi connectivity index (χ1v) is 7.96. The second kappa shape index (κ2) is 5.64. The molecule has 4 nitrogen and oxygen atoms in total. The van der Waals surface area contributed by atoms with Crippen LogP contribution in [0.1, 0.15) is 46.0 Å². The van der Waals surface area contributed by atoms with Gasteiger partial charge in [-0.1, -0.05) is 43.8 Å². The van der Waals surface area contributed by atoms with E-state index >= 15 is 0 Å². The van der Waals surface area contributed by atoms with Crippen LogP contribution >= 0.6 is 11.3 Å². The zero-order valence-corrected chi connectivity index (χ0v) is 13.7. The Kier molecular flexibility index (Phi) is 4.28. The first kappa shape index (κ1) is 15.2. The fourth-order valence-electron chi connectivity index (χ4n) is 2.65. The van der Waals surface area contributed by atoms with Crippen molar-refractivity contribution in [3.63, 3.8) is 0 Å². The molecule has 0 saturated heterocycles. The predicted molar refractivity (Wildman–Crippen MR) is 82.7 cm³/mol. The van der Waals surface area contributed by atoms with Crippen molar-refractivity contribution >= 4 is 22.4 Å². The van der Waals surface area contributed by atoms with E-state index in [1.54, 1.807) is 0 Å². The molecule has 0 aromatic carbocycles. The second-order valence-electron chi connectivity index (χ2n) is 6.31. The largest absolute Gasteiger partial charge is 0.300 e. The molecule has 1 saturated carbocycles. The molecule has 0 spiro atoms. The predicted octanol–water partition coefficient (Wildman–Crippen LogP) is 3.67. The van der Waals surface area contributed by atoms with E-state index in [4.69, 9.17) is 0 Å². The Hall–Kier alpha value is -1.23. The summed E-state index contributed by atoms with van der Waals surface area (Å²) in [5.41, 5.74) is 1.30. The van der Waals surface area contributed by atoms with E-state index in [-0.39, 0.29) is 17.2 Å². The minimum absolute atomic E-state index is 0.0379. The smallest absolute Gasteiger partial charge is 0.230 e. The number of nitrogens with one attached hydrogen (secondary N) is 1. The molecule has 2 rings (SSSR count). The molecule has 110 valence electrons. The van der Waals surface area contributed by atoms with E-state index in [0.717, 1.165) is 17.8 Å². The van der Waals surface area contributed by atoms with Crippen LogP contribution < -0.4 is 5.32 Å². The summed E-state index contributed by atoms with van der Waals surface area (Å²) in [6.45, 7) is 10.5. The highest BCUT2D eigenvalue weighted by molar-refractivity contribution is 7.15. The minimum Gasteiger partial charge on any atom is -0.300 e. The maximum Gasteiger partial charge on any atom is 0.230 e. The fourth-order valence-corrected chi connectivity index (χ4v) is 3.50. The Balaban J connectivity index is 2.00. The number of carbonyl (C=O) groups is 1. The third-order valence-corrected chi connectivity index (χ3v) is 4.77. The SMILES string of the molecule is CCCc1nnc(NC(=O)[C@@H]2[C@@H](C=C(C)C)C2(C)C)s1. The van der Waals surface area contributed by atoms with Crippen LogP contribution in [0.5, 0.6) is 0 Å².